The molecule has 1 rings (SSSR count). The number of rotatable bonds is 9. The third-order valence-electron chi connectivity index (χ3n) is 3.35. The molecule has 0 N–H and O–H groups in total. The first-order valence-corrected chi connectivity index (χ1v) is 7.39. The minimum absolute atomic E-state index is 0.356. The molecule has 0 fully saturated rings. The largest absolute Gasteiger partial charge is 0.378 e. The van der Waals surface area contributed by atoms with Crippen LogP contribution in [0.15, 0.2) is 30.3 Å². The minimum atomic E-state index is 0.356. The molecule has 1 unspecified atom stereocenters. The Bertz CT molecular complexity index is 292. The Morgan fingerprint density at radius 3 is 2.33 bits per heavy atom. The van der Waals surface area contributed by atoms with Crippen molar-refractivity contribution in [2.45, 2.75) is 59.0 Å². The average molecular weight is 248 g/mol. The second kappa shape index (κ2) is 9.16. The van der Waals surface area contributed by atoms with Crippen molar-refractivity contribution in [2.24, 2.45) is 5.92 Å². The monoisotopic (exact) mass is 248 g/mol. The predicted molar refractivity (Wildman–Crippen MR) is 78.9 cm³/mol. The zero-order valence-corrected chi connectivity index (χ0v) is 12.2. The summed E-state index contributed by atoms with van der Waals surface area (Å²) >= 11 is 0. The van der Waals surface area contributed by atoms with Gasteiger partial charge in [-0.25, -0.2) is 0 Å². The van der Waals surface area contributed by atoms with Crippen molar-refractivity contribution in [2.75, 3.05) is 6.61 Å². The molecule has 1 aromatic carbocycles. The normalized spacial score (nSPS) is 12.9. The first-order chi connectivity index (χ1) is 8.74. The van der Waals surface area contributed by atoms with Crippen molar-refractivity contribution in [3.05, 3.63) is 35.9 Å². The Labute approximate surface area is 113 Å². The maximum Gasteiger partial charge on any atom is 0.0638 e. The molecule has 0 aliphatic heterocycles. The van der Waals surface area contributed by atoms with Gasteiger partial charge in [-0.05, 0) is 24.3 Å². The molecule has 0 amide bonds. The fourth-order valence-corrected chi connectivity index (χ4v) is 2.10. The van der Waals surface area contributed by atoms with E-state index in [9.17, 15) is 0 Å². The lowest BCUT2D eigenvalue weighted by Crippen LogP contribution is -2.23. The zero-order chi connectivity index (χ0) is 13.2. The van der Waals surface area contributed by atoms with E-state index in [0.717, 1.165) is 13.0 Å². The summed E-state index contributed by atoms with van der Waals surface area (Å²) in [7, 11) is 0. The first kappa shape index (κ1) is 15.2. The molecule has 1 aromatic rings. The Balaban J connectivity index is 2.32. The molecule has 0 spiro atoms. The van der Waals surface area contributed by atoms with Gasteiger partial charge in [0.05, 0.1) is 6.10 Å². The summed E-state index contributed by atoms with van der Waals surface area (Å²) in [4.78, 5) is 0. The SMILES string of the molecule is CCCCCCOC(Cc1ccccc1)C(C)C. The average Bonchev–Trinajstić information content (AvgIpc) is 2.38. The number of ether oxygens (including phenoxy) is 1. The molecule has 1 heteroatoms. The highest BCUT2D eigenvalue weighted by Crippen LogP contribution is 2.14. The van der Waals surface area contributed by atoms with Crippen LogP contribution in [0.5, 0.6) is 0 Å². The van der Waals surface area contributed by atoms with E-state index < -0.39 is 0 Å². The van der Waals surface area contributed by atoms with Crippen LogP contribution in [0.2, 0.25) is 0 Å². The van der Waals surface area contributed by atoms with Gasteiger partial charge in [0, 0.05) is 6.61 Å². The molecular weight excluding hydrogens is 220 g/mol. The van der Waals surface area contributed by atoms with Crippen LogP contribution in [0.25, 0.3) is 0 Å². The molecular formula is C17H28O. The van der Waals surface area contributed by atoms with E-state index in [1.54, 1.807) is 0 Å². The van der Waals surface area contributed by atoms with Crippen molar-refractivity contribution in [3.8, 4) is 0 Å². The molecule has 1 nitrogen and oxygen atoms in total. The van der Waals surface area contributed by atoms with Gasteiger partial charge in [0.1, 0.15) is 0 Å². The van der Waals surface area contributed by atoms with Crippen LogP contribution in [0.3, 0.4) is 0 Å². The second-order valence-electron chi connectivity index (χ2n) is 5.40. The number of unbranched alkanes of at least 4 members (excludes halogenated alkanes) is 3. The summed E-state index contributed by atoms with van der Waals surface area (Å²) in [6.07, 6.45) is 6.51. The number of benzene rings is 1. The van der Waals surface area contributed by atoms with E-state index in [2.05, 4.69) is 51.1 Å². The van der Waals surface area contributed by atoms with Crippen LogP contribution in [0.4, 0.5) is 0 Å². The molecule has 0 aliphatic rings. The molecule has 0 aliphatic carbocycles. The smallest absolute Gasteiger partial charge is 0.0638 e. The highest BCUT2D eigenvalue weighted by atomic mass is 16.5. The van der Waals surface area contributed by atoms with E-state index in [1.165, 1.54) is 31.2 Å². The van der Waals surface area contributed by atoms with E-state index in [-0.39, 0.29) is 0 Å². The highest BCUT2D eigenvalue weighted by Gasteiger charge is 2.14. The fourth-order valence-electron chi connectivity index (χ4n) is 2.10. The van der Waals surface area contributed by atoms with Crippen LogP contribution in [-0.4, -0.2) is 12.7 Å². The van der Waals surface area contributed by atoms with E-state index in [4.69, 9.17) is 4.74 Å². The summed E-state index contributed by atoms with van der Waals surface area (Å²) in [6, 6.07) is 10.7. The highest BCUT2D eigenvalue weighted by molar-refractivity contribution is 5.15. The lowest BCUT2D eigenvalue weighted by atomic mass is 9.99. The maximum atomic E-state index is 6.05. The third kappa shape index (κ3) is 6.20. The van der Waals surface area contributed by atoms with Crippen molar-refractivity contribution in [1.29, 1.82) is 0 Å². The van der Waals surface area contributed by atoms with Gasteiger partial charge in [0.25, 0.3) is 0 Å². The Kier molecular flexibility index (Phi) is 7.75. The van der Waals surface area contributed by atoms with Gasteiger partial charge in [-0.15, -0.1) is 0 Å². The lowest BCUT2D eigenvalue weighted by Gasteiger charge is -2.21. The quantitative estimate of drug-likeness (QED) is 0.568. The first-order valence-electron chi connectivity index (χ1n) is 7.39. The summed E-state index contributed by atoms with van der Waals surface area (Å²) in [6.45, 7) is 7.65. The number of hydrogen-bond acceptors (Lipinski definition) is 1. The van der Waals surface area contributed by atoms with Crippen molar-refractivity contribution in [1.82, 2.24) is 0 Å². The lowest BCUT2D eigenvalue weighted by molar-refractivity contribution is 0.0207. The Morgan fingerprint density at radius 1 is 1.00 bits per heavy atom. The summed E-state index contributed by atoms with van der Waals surface area (Å²) < 4.78 is 6.05. The van der Waals surface area contributed by atoms with Gasteiger partial charge in [-0.1, -0.05) is 70.4 Å². The van der Waals surface area contributed by atoms with Gasteiger partial charge >= 0.3 is 0 Å². The summed E-state index contributed by atoms with van der Waals surface area (Å²) in [5.41, 5.74) is 1.38. The molecule has 0 radical (unpaired) electrons. The Hall–Kier alpha value is -0.820. The topological polar surface area (TPSA) is 9.23 Å². The molecule has 0 saturated carbocycles. The van der Waals surface area contributed by atoms with E-state index >= 15 is 0 Å². The minimum Gasteiger partial charge on any atom is -0.378 e. The fraction of sp³-hybridized carbons (Fsp3) is 0.647. The number of hydrogen-bond donors (Lipinski definition) is 0. The summed E-state index contributed by atoms with van der Waals surface area (Å²) in [5.74, 6) is 0.580. The molecule has 0 aromatic heterocycles. The molecule has 0 bridgehead atoms. The van der Waals surface area contributed by atoms with Crippen molar-refractivity contribution >= 4 is 0 Å². The molecule has 1 atom stereocenters. The molecule has 0 saturated heterocycles. The van der Waals surface area contributed by atoms with E-state index in [1.807, 2.05) is 0 Å². The third-order valence-corrected chi connectivity index (χ3v) is 3.35. The van der Waals surface area contributed by atoms with Crippen molar-refractivity contribution in [3.63, 3.8) is 0 Å². The molecule has 102 valence electrons. The van der Waals surface area contributed by atoms with Gasteiger partial charge in [0.2, 0.25) is 0 Å². The summed E-state index contributed by atoms with van der Waals surface area (Å²) in [5, 5.41) is 0. The van der Waals surface area contributed by atoms with E-state index in [0.29, 0.717) is 12.0 Å². The zero-order valence-electron chi connectivity index (χ0n) is 12.2. The Morgan fingerprint density at radius 2 is 1.72 bits per heavy atom. The van der Waals surface area contributed by atoms with Crippen LogP contribution >= 0.6 is 0 Å². The molecule has 18 heavy (non-hydrogen) atoms. The standard InChI is InChI=1S/C17H28O/c1-4-5-6-10-13-18-17(15(2)3)14-16-11-8-7-9-12-16/h7-9,11-12,15,17H,4-6,10,13-14H2,1-3H3. The van der Waals surface area contributed by atoms with Crippen molar-refractivity contribution < 1.29 is 4.74 Å². The van der Waals surface area contributed by atoms with Crippen LogP contribution in [-0.2, 0) is 11.2 Å². The predicted octanol–water partition coefficient (Wildman–Crippen LogP) is 4.85. The second-order valence-corrected chi connectivity index (χ2v) is 5.40. The van der Waals surface area contributed by atoms with Crippen LogP contribution < -0.4 is 0 Å². The molecule has 0 heterocycles. The van der Waals surface area contributed by atoms with Gasteiger partial charge in [-0.3, -0.25) is 0 Å². The van der Waals surface area contributed by atoms with Gasteiger partial charge in [-0.2, -0.15) is 0 Å². The van der Waals surface area contributed by atoms with Gasteiger partial charge in [0.15, 0.2) is 0 Å². The van der Waals surface area contributed by atoms with Gasteiger partial charge < -0.3 is 4.74 Å². The van der Waals surface area contributed by atoms with Crippen LogP contribution in [0, 0.1) is 5.92 Å². The van der Waals surface area contributed by atoms with Crippen LogP contribution in [0.1, 0.15) is 52.0 Å². The maximum absolute atomic E-state index is 6.05.